The van der Waals surface area contributed by atoms with Crippen LogP contribution in [0.3, 0.4) is 0 Å². The first-order chi connectivity index (χ1) is 13.9. The molecule has 1 aromatic heterocycles. The number of fused-ring (bicyclic) bond motifs is 1. The van der Waals surface area contributed by atoms with E-state index in [1.165, 1.54) is 10.3 Å². The molecule has 0 aliphatic heterocycles. The molecule has 0 fully saturated rings. The number of benzene rings is 2. The Labute approximate surface area is 181 Å². The van der Waals surface area contributed by atoms with Gasteiger partial charge in [-0.1, -0.05) is 36.0 Å². The van der Waals surface area contributed by atoms with Crippen molar-refractivity contribution in [3.05, 3.63) is 59.7 Å². The number of thiazole rings is 1. The van der Waals surface area contributed by atoms with Crippen molar-refractivity contribution in [2.24, 2.45) is 0 Å². The number of hydrogen-bond acceptors (Lipinski definition) is 5. The average molecular weight is 428 g/mol. The first-order valence-electron chi connectivity index (χ1n) is 10.1. The first kappa shape index (κ1) is 21.8. The normalized spacial score (nSPS) is 11.7. The number of amides is 1. The molecular weight excluding hydrogens is 398 g/mol. The van der Waals surface area contributed by atoms with Gasteiger partial charge in [0.25, 0.3) is 5.91 Å². The summed E-state index contributed by atoms with van der Waals surface area (Å²) in [4.78, 5) is 19.4. The third kappa shape index (κ3) is 6.04. The van der Waals surface area contributed by atoms with Crippen molar-refractivity contribution in [1.29, 1.82) is 0 Å². The zero-order valence-electron chi connectivity index (χ0n) is 17.5. The van der Waals surface area contributed by atoms with E-state index in [1.807, 2.05) is 42.5 Å². The summed E-state index contributed by atoms with van der Waals surface area (Å²) >= 11 is 3.46. The highest BCUT2D eigenvalue weighted by molar-refractivity contribution is 8.00. The molecule has 3 rings (SSSR count). The zero-order chi connectivity index (χ0) is 20.8. The fraction of sp³-hybridized carbons (Fsp3) is 0.391. The average Bonchev–Trinajstić information content (AvgIpc) is 3.12. The molecule has 6 heteroatoms. The Balaban J connectivity index is 1.49. The summed E-state index contributed by atoms with van der Waals surface area (Å²) < 4.78 is 2.29. The monoisotopic (exact) mass is 427 g/mol. The zero-order valence-corrected chi connectivity index (χ0v) is 19.1. The van der Waals surface area contributed by atoms with E-state index >= 15 is 0 Å². The number of nitrogens with one attached hydrogen (secondary N) is 1. The molecule has 0 radical (unpaired) electrons. The van der Waals surface area contributed by atoms with Crippen LogP contribution >= 0.6 is 23.1 Å². The summed E-state index contributed by atoms with van der Waals surface area (Å²) in [6.45, 7) is 10.3. The molecule has 0 aliphatic rings. The lowest BCUT2D eigenvalue weighted by Gasteiger charge is -2.30. The van der Waals surface area contributed by atoms with Crippen molar-refractivity contribution >= 4 is 39.2 Å². The van der Waals surface area contributed by atoms with E-state index in [1.54, 1.807) is 23.1 Å². The molecule has 0 aliphatic carbocycles. The van der Waals surface area contributed by atoms with E-state index in [9.17, 15) is 4.79 Å². The van der Waals surface area contributed by atoms with Gasteiger partial charge in [0, 0.05) is 36.5 Å². The summed E-state index contributed by atoms with van der Waals surface area (Å²) in [5.41, 5.74) is 2.96. The van der Waals surface area contributed by atoms with Gasteiger partial charge in [0.15, 0.2) is 4.34 Å². The molecule has 1 heterocycles. The lowest BCUT2D eigenvalue weighted by Crippen LogP contribution is -2.42. The summed E-state index contributed by atoms with van der Waals surface area (Å²) in [6, 6.07) is 17.0. The van der Waals surface area contributed by atoms with Crippen LogP contribution in [-0.4, -0.2) is 41.0 Å². The molecule has 0 spiro atoms. The molecule has 1 N–H and O–H groups in total. The predicted octanol–water partition coefficient (Wildman–Crippen LogP) is 5.44. The Kier molecular flexibility index (Phi) is 7.70. The molecular formula is C23H29N3OS2. The lowest BCUT2D eigenvalue weighted by molar-refractivity contribution is 0.0939. The molecule has 0 bridgehead atoms. The Hall–Kier alpha value is -1.89. The number of thioether (sulfide) groups is 1. The molecule has 0 saturated heterocycles. The Morgan fingerprint density at radius 3 is 2.41 bits per heavy atom. The second kappa shape index (κ2) is 10.2. The largest absolute Gasteiger partial charge is 0.351 e. The molecule has 1 amide bonds. The van der Waals surface area contributed by atoms with E-state index in [0.29, 0.717) is 24.2 Å². The van der Waals surface area contributed by atoms with Gasteiger partial charge in [-0.05, 0) is 57.5 Å². The van der Waals surface area contributed by atoms with Crippen LogP contribution in [0.1, 0.15) is 43.6 Å². The van der Waals surface area contributed by atoms with Crippen LogP contribution < -0.4 is 5.32 Å². The van der Waals surface area contributed by atoms with Crippen LogP contribution in [0.15, 0.2) is 52.9 Å². The first-order valence-corrected chi connectivity index (χ1v) is 11.9. The van der Waals surface area contributed by atoms with Gasteiger partial charge in [-0.2, -0.15) is 0 Å². The van der Waals surface area contributed by atoms with Gasteiger partial charge in [0.1, 0.15) is 0 Å². The van der Waals surface area contributed by atoms with Gasteiger partial charge >= 0.3 is 0 Å². The van der Waals surface area contributed by atoms with E-state index in [2.05, 4.69) is 49.0 Å². The molecule has 0 atom stereocenters. The standard InChI is InChI=1S/C23H29N3OS2/c1-16(2)26(17(3)4)14-13-24-22(27)19-11-9-18(10-12-19)15-28-23-25-20-7-5-6-8-21(20)29-23/h5-12,16-17H,13-15H2,1-4H3,(H,24,27). The SMILES string of the molecule is CC(C)N(CCNC(=O)c1ccc(CSc2nc3ccccc3s2)cc1)C(C)C. The van der Waals surface area contributed by atoms with Crippen molar-refractivity contribution in [2.45, 2.75) is 49.9 Å². The van der Waals surface area contributed by atoms with Gasteiger partial charge in [-0.25, -0.2) is 4.98 Å². The quantitative estimate of drug-likeness (QED) is 0.462. The van der Waals surface area contributed by atoms with Crippen molar-refractivity contribution in [3.63, 3.8) is 0 Å². The van der Waals surface area contributed by atoms with Gasteiger partial charge in [-0.3, -0.25) is 9.69 Å². The number of nitrogens with zero attached hydrogens (tertiary/aromatic N) is 2. The minimum absolute atomic E-state index is 0.0113. The molecule has 0 saturated carbocycles. The maximum atomic E-state index is 12.4. The molecule has 154 valence electrons. The number of hydrogen-bond donors (Lipinski definition) is 1. The van der Waals surface area contributed by atoms with Crippen molar-refractivity contribution in [1.82, 2.24) is 15.2 Å². The van der Waals surface area contributed by atoms with Crippen molar-refractivity contribution in [3.8, 4) is 0 Å². The molecule has 3 aromatic rings. The molecule has 0 unspecified atom stereocenters. The van der Waals surface area contributed by atoms with E-state index in [-0.39, 0.29) is 5.91 Å². The van der Waals surface area contributed by atoms with Gasteiger partial charge in [-0.15, -0.1) is 11.3 Å². The van der Waals surface area contributed by atoms with Crippen LogP contribution in [0.2, 0.25) is 0 Å². The minimum Gasteiger partial charge on any atom is -0.351 e. The van der Waals surface area contributed by atoms with Crippen LogP contribution in [0.25, 0.3) is 10.2 Å². The smallest absolute Gasteiger partial charge is 0.251 e. The highest BCUT2D eigenvalue weighted by Gasteiger charge is 2.13. The predicted molar refractivity (Wildman–Crippen MR) is 125 cm³/mol. The maximum Gasteiger partial charge on any atom is 0.251 e. The molecule has 4 nitrogen and oxygen atoms in total. The van der Waals surface area contributed by atoms with Crippen LogP contribution in [0, 0.1) is 0 Å². The van der Waals surface area contributed by atoms with Crippen LogP contribution in [0.4, 0.5) is 0 Å². The highest BCUT2D eigenvalue weighted by Crippen LogP contribution is 2.31. The summed E-state index contributed by atoms with van der Waals surface area (Å²) in [5, 5.41) is 3.04. The number of aromatic nitrogens is 1. The van der Waals surface area contributed by atoms with Crippen molar-refractivity contribution < 1.29 is 4.79 Å². The van der Waals surface area contributed by atoms with Crippen LogP contribution in [0.5, 0.6) is 0 Å². The van der Waals surface area contributed by atoms with Crippen LogP contribution in [-0.2, 0) is 5.75 Å². The number of carbonyl (C=O) groups excluding carboxylic acids is 1. The van der Waals surface area contributed by atoms with Gasteiger partial charge in [0.2, 0.25) is 0 Å². The Morgan fingerprint density at radius 2 is 1.76 bits per heavy atom. The van der Waals surface area contributed by atoms with Gasteiger partial charge in [0.05, 0.1) is 10.2 Å². The molecule has 29 heavy (non-hydrogen) atoms. The van der Waals surface area contributed by atoms with E-state index in [0.717, 1.165) is 22.2 Å². The summed E-state index contributed by atoms with van der Waals surface area (Å²) in [6.07, 6.45) is 0. The van der Waals surface area contributed by atoms with Crippen molar-refractivity contribution in [2.75, 3.05) is 13.1 Å². The second-order valence-corrected chi connectivity index (χ2v) is 9.87. The van der Waals surface area contributed by atoms with E-state index < -0.39 is 0 Å². The third-order valence-electron chi connectivity index (χ3n) is 4.83. The van der Waals surface area contributed by atoms with Gasteiger partial charge < -0.3 is 5.32 Å². The lowest BCUT2D eigenvalue weighted by atomic mass is 10.1. The van der Waals surface area contributed by atoms with E-state index in [4.69, 9.17) is 0 Å². The fourth-order valence-electron chi connectivity index (χ4n) is 3.32. The summed E-state index contributed by atoms with van der Waals surface area (Å²) in [5.74, 6) is 0.835. The second-order valence-electron chi connectivity index (χ2n) is 7.61. The maximum absolute atomic E-state index is 12.4. The Morgan fingerprint density at radius 1 is 1.07 bits per heavy atom. The Bertz CT molecular complexity index is 894. The minimum atomic E-state index is -0.0113. The third-order valence-corrected chi connectivity index (χ3v) is 7.09. The number of carbonyl (C=O) groups is 1. The fourth-order valence-corrected chi connectivity index (χ4v) is 5.35. The number of rotatable bonds is 9. The molecule has 2 aromatic carbocycles. The number of para-hydroxylation sites is 1. The summed E-state index contributed by atoms with van der Waals surface area (Å²) in [7, 11) is 0. The topological polar surface area (TPSA) is 45.2 Å². The highest BCUT2D eigenvalue weighted by atomic mass is 32.2.